The Morgan fingerprint density at radius 3 is 2.53 bits per heavy atom. The summed E-state index contributed by atoms with van der Waals surface area (Å²) in [6.07, 6.45) is 6.12. The van der Waals surface area contributed by atoms with Crippen LogP contribution in [0.5, 0.6) is 0 Å². The first-order chi connectivity index (χ1) is 13.5. The molecule has 1 amide bonds. The minimum atomic E-state index is -1.38. The van der Waals surface area contributed by atoms with E-state index < -0.39 is 5.97 Å². The molecule has 2 bridgehead atoms. The molecular weight excluding hydrogens is 434 g/mol. The summed E-state index contributed by atoms with van der Waals surface area (Å²) in [6, 6.07) is 3.23. The van der Waals surface area contributed by atoms with Crippen molar-refractivity contribution >= 4 is 52.1 Å². The summed E-state index contributed by atoms with van der Waals surface area (Å²) in [5.41, 5.74) is 0.903. The van der Waals surface area contributed by atoms with Gasteiger partial charge in [-0.25, -0.2) is 0 Å². The van der Waals surface area contributed by atoms with Gasteiger partial charge in [0.05, 0.1) is 16.7 Å². The van der Waals surface area contributed by atoms with Gasteiger partial charge in [-0.3, -0.25) is 4.79 Å². The summed E-state index contributed by atoms with van der Waals surface area (Å²) in [5.74, 6) is -1.01. The van der Waals surface area contributed by atoms with Crippen molar-refractivity contribution in [1.82, 2.24) is 10.3 Å². The standard InChI is InChI=1S/C22H24Cl2N2O3.Na/c1-21(2)11-6-7-22(21,3)16(8-11)26-17(27)5-4-13-18-14(24)9-12(23)10-15(18)25-19(13)20(28)29;/h4-5,9-11,16,25H,6-8H2,1-3H3,(H,26,27)(H,28,29);/q;+1/p-1/b5-4+;/t11-,16+,22+;/m0./s1. The SMILES string of the molecule is CC1(C)[C@H]2CC[C@]1(C)[C@H](NC(=O)/C=C/c1c(C(=O)[O-])[nH]c3cc(Cl)cc(Cl)c13)C2.[Na+]. The molecule has 2 saturated carbocycles. The summed E-state index contributed by atoms with van der Waals surface area (Å²) in [5, 5.41) is 15.9. The van der Waals surface area contributed by atoms with Gasteiger partial charge in [-0.2, -0.15) is 0 Å². The summed E-state index contributed by atoms with van der Waals surface area (Å²) >= 11 is 12.3. The van der Waals surface area contributed by atoms with Gasteiger partial charge in [0.15, 0.2) is 0 Å². The number of aromatic nitrogens is 1. The second-order valence-corrected chi connectivity index (χ2v) is 9.86. The number of halogens is 2. The van der Waals surface area contributed by atoms with Crippen molar-refractivity contribution < 1.29 is 44.3 Å². The maximum atomic E-state index is 12.7. The van der Waals surface area contributed by atoms with E-state index in [1.165, 1.54) is 24.6 Å². The number of benzene rings is 1. The Kier molecular flexibility index (Phi) is 6.45. The van der Waals surface area contributed by atoms with Crippen LogP contribution < -0.4 is 40.0 Å². The average molecular weight is 457 g/mol. The predicted molar refractivity (Wildman–Crippen MR) is 113 cm³/mol. The number of carbonyl (C=O) groups is 2. The van der Waals surface area contributed by atoms with Crippen molar-refractivity contribution in [3.8, 4) is 0 Å². The molecule has 0 unspecified atom stereocenters. The third kappa shape index (κ3) is 3.63. The van der Waals surface area contributed by atoms with E-state index in [1.54, 1.807) is 6.07 Å². The van der Waals surface area contributed by atoms with Crippen molar-refractivity contribution in [3.05, 3.63) is 39.5 Å². The Balaban J connectivity index is 0.00000256. The molecule has 2 aliphatic rings. The van der Waals surface area contributed by atoms with Crippen LogP contribution in [0, 0.1) is 16.7 Å². The number of carboxylic acid groups (broad SMARTS) is 1. The molecule has 4 rings (SSSR count). The van der Waals surface area contributed by atoms with Crippen LogP contribution in [0.1, 0.15) is 56.1 Å². The van der Waals surface area contributed by atoms with Gasteiger partial charge in [0.1, 0.15) is 0 Å². The molecular formula is C22H23Cl2N2NaO3. The molecule has 0 aliphatic heterocycles. The number of hydrogen-bond acceptors (Lipinski definition) is 3. The number of carboxylic acids is 1. The van der Waals surface area contributed by atoms with Crippen LogP contribution in [0.2, 0.25) is 10.0 Å². The second kappa shape index (κ2) is 8.18. The van der Waals surface area contributed by atoms with E-state index >= 15 is 0 Å². The summed E-state index contributed by atoms with van der Waals surface area (Å²) in [6.45, 7) is 6.84. The molecule has 0 spiro atoms. The summed E-state index contributed by atoms with van der Waals surface area (Å²) in [4.78, 5) is 27.0. The van der Waals surface area contributed by atoms with E-state index in [1.807, 2.05) is 0 Å². The zero-order chi connectivity index (χ0) is 21.1. The Bertz CT molecular complexity index is 1060. The Morgan fingerprint density at radius 1 is 1.27 bits per heavy atom. The Morgan fingerprint density at radius 2 is 1.97 bits per heavy atom. The van der Waals surface area contributed by atoms with Crippen molar-refractivity contribution in [2.75, 3.05) is 0 Å². The second-order valence-electron chi connectivity index (χ2n) is 9.02. The number of aromatic carboxylic acids is 1. The van der Waals surface area contributed by atoms with Crippen molar-refractivity contribution in [2.45, 2.75) is 46.1 Å². The van der Waals surface area contributed by atoms with E-state index in [2.05, 4.69) is 31.1 Å². The summed E-state index contributed by atoms with van der Waals surface area (Å²) in [7, 11) is 0. The maximum absolute atomic E-state index is 12.7. The van der Waals surface area contributed by atoms with E-state index in [0.717, 1.165) is 12.8 Å². The summed E-state index contributed by atoms with van der Waals surface area (Å²) < 4.78 is 0. The van der Waals surface area contributed by atoms with Crippen LogP contribution >= 0.6 is 23.2 Å². The van der Waals surface area contributed by atoms with Gasteiger partial charge < -0.3 is 20.2 Å². The van der Waals surface area contributed by atoms with Crippen LogP contribution in [-0.4, -0.2) is 22.9 Å². The van der Waals surface area contributed by atoms with Gasteiger partial charge in [-0.05, 0) is 54.2 Å². The number of hydrogen-bond donors (Lipinski definition) is 2. The van der Waals surface area contributed by atoms with Crippen molar-refractivity contribution in [3.63, 3.8) is 0 Å². The fourth-order valence-electron chi connectivity index (χ4n) is 5.40. The average Bonchev–Trinajstić information content (AvgIpc) is 3.16. The molecule has 154 valence electrons. The van der Waals surface area contributed by atoms with E-state index in [0.29, 0.717) is 32.4 Å². The number of fused-ring (bicyclic) bond motifs is 3. The molecule has 2 fully saturated rings. The van der Waals surface area contributed by atoms with E-state index in [4.69, 9.17) is 23.2 Å². The number of aromatic amines is 1. The van der Waals surface area contributed by atoms with Gasteiger partial charge >= 0.3 is 29.6 Å². The molecule has 30 heavy (non-hydrogen) atoms. The predicted octanol–water partition coefficient (Wildman–Crippen LogP) is 1.19. The third-order valence-corrected chi connectivity index (χ3v) is 8.09. The Labute approximate surface area is 207 Å². The molecule has 2 aromatic rings. The van der Waals surface area contributed by atoms with Crippen LogP contribution in [0.4, 0.5) is 0 Å². The van der Waals surface area contributed by atoms with Crippen LogP contribution in [0.25, 0.3) is 17.0 Å². The molecule has 2 aliphatic carbocycles. The monoisotopic (exact) mass is 456 g/mol. The molecule has 1 aromatic carbocycles. The molecule has 1 aromatic heterocycles. The minimum Gasteiger partial charge on any atom is -0.543 e. The first kappa shape index (κ1) is 23.7. The third-order valence-electron chi connectivity index (χ3n) is 7.57. The van der Waals surface area contributed by atoms with Gasteiger partial charge in [0, 0.05) is 33.6 Å². The Hall–Kier alpha value is -0.980. The first-order valence-corrected chi connectivity index (χ1v) is 10.5. The number of carbonyl (C=O) groups excluding carboxylic acids is 2. The van der Waals surface area contributed by atoms with Crippen molar-refractivity contribution in [1.29, 1.82) is 0 Å². The van der Waals surface area contributed by atoms with Crippen LogP contribution in [0.15, 0.2) is 18.2 Å². The number of nitrogens with one attached hydrogen (secondary N) is 2. The zero-order valence-electron chi connectivity index (χ0n) is 17.6. The van der Waals surface area contributed by atoms with E-state index in [9.17, 15) is 14.7 Å². The van der Waals surface area contributed by atoms with Gasteiger partial charge in [-0.1, -0.05) is 44.0 Å². The van der Waals surface area contributed by atoms with E-state index in [-0.39, 0.29) is 58.0 Å². The van der Waals surface area contributed by atoms with Crippen LogP contribution in [0.3, 0.4) is 0 Å². The first-order valence-electron chi connectivity index (χ1n) is 9.75. The smallest absolute Gasteiger partial charge is 0.543 e. The largest absolute Gasteiger partial charge is 1.00 e. The zero-order valence-corrected chi connectivity index (χ0v) is 21.1. The minimum absolute atomic E-state index is 0. The molecule has 2 N–H and O–H groups in total. The normalized spacial score (nSPS) is 26.8. The quantitative estimate of drug-likeness (QED) is 0.535. The molecule has 0 saturated heterocycles. The number of H-pyrrole nitrogens is 1. The topological polar surface area (TPSA) is 85.0 Å². The van der Waals surface area contributed by atoms with Gasteiger partial charge in [-0.15, -0.1) is 0 Å². The molecule has 1 heterocycles. The molecule has 5 nitrogen and oxygen atoms in total. The van der Waals surface area contributed by atoms with Gasteiger partial charge in [0.2, 0.25) is 5.91 Å². The fourth-order valence-corrected chi connectivity index (χ4v) is 6.00. The number of rotatable bonds is 4. The van der Waals surface area contributed by atoms with Gasteiger partial charge in [0.25, 0.3) is 0 Å². The molecule has 0 radical (unpaired) electrons. The number of amides is 1. The van der Waals surface area contributed by atoms with Crippen LogP contribution in [-0.2, 0) is 4.79 Å². The van der Waals surface area contributed by atoms with Crippen molar-refractivity contribution in [2.24, 2.45) is 16.7 Å². The molecule has 3 atom stereocenters. The maximum Gasteiger partial charge on any atom is 1.00 e. The fraction of sp³-hybridized carbons (Fsp3) is 0.455. The molecule has 8 heteroatoms.